The summed E-state index contributed by atoms with van der Waals surface area (Å²) >= 11 is 0. The summed E-state index contributed by atoms with van der Waals surface area (Å²) in [5.74, 6) is 0. The van der Waals surface area contributed by atoms with Crippen LogP contribution in [0.1, 0.15) is 32.1 Å². The number of nitrogens with zero attached hydrogens (tertiary/aromatic N) is 3. The summed E-state index contributed by atoms with van der Waals surface area (Å²) in [4.78, 5) is 7.88. The van der Waals surface area contributed by atoms with Gasteiger partial charge in [-0.25, -0.2) is 0 Å². The van der Waals surface area contributed by atoms with Crippen molar-refractivity contribution in [3.63, 3.8) is 0 Å². The van der Waals surface area contributed by atoms with Gasteiger partial charge in [0.2, 0.25) is 0 Å². The van der Waals surface area contributed by atoms with Crippen LogP contribution >= 0.6 is 0 Å². The van der Waals surface area contributed by atoms with E-state index in [1.165, 1.54) is 78.0 Å². The first-order chi connectivity index (χ1) is 12.2. The molecule has 2 fully saturated rings. The zero-order valence-electron chi connectivity index (χ0n) is 16.7. The summed E-state index contributed by atoms with van der Waals surface area (Å²) in [6, 6.07) is 0.895. The Hall–Kier alpha value is -0.0231. The first-order valence-electron chi connectivity index (χ1n) is 10.0. The molecule has 0 aromatic carbocycles. The fourth-order valence-corrected chi connectivity index (χ4v) is 5.66. The second-order valence-corrected chi connectivity index (χ2v) is 10.4. The molecule has 0 spiro atoms. The molecular weight excluding hydrogens is 334 g/mol. The number of piperazine rings is 1. The highest BCUT2D eigenvalue weighted by Crippen LogP contribution is 2.16. The number of likely N-dealkylation sites (tertiary alicyclic amines) is 1. The summed E-state index contributed by atoms with van der Waals surface area (Å²) in [7, 11) is 2.70. The highest BCUT2D eigenvalue weighted by atomic mass is 28.4. The van der Waals surface area contributed by atoms with Gasteiger partial charge >= 0.3 is 8.80 Å². The van der Waals surface area contributed by atoms with E-state index in [-0.39, 0.29) is 0 Å². The van der Waals surface area contributed by atoms with E-state index in [0.29, 0.717) is 0 Å². The van der Waals surface area contributed by atoms with E-state index in [9.17, 15) is 0 Å². The lowest BCUT2D eigenvalue weighted by molar-refractivity contribution is 0.109. The molecule has 2 aliphatic rings. The van der Waals surface area contributed by atoms with Gasteiger partial charge in [0.1, 0.15) is 0 Å². The van der Waals surface area contributed by atoms with Gasteiger partial charge in [0.25, 0.3) is 0 Å². The van der Waals surface area contributed by atoms with Gasteiger partial charge in [-0.1, -0.05) is 12.8 Å². The van der Waals surface area contributed by atoms with Gasteiger partial charge in [-0.2, -0.15) is 0 Å². The van der Waals surface area contributed by atoms with E-state index >= 15 is 0 Å². The minimum Gasteiger partial charge on any atom is -0.377 e. The van der Waals surface area contributed by atoms with E-state index < -0.39 is 8.80 Å². The van der Waals surface area contributed by atoms with Crippen molar-refractivity contribution in [1.82, 2.24) is 14.7 Å². The molecule has 0 amide bonds. The summed E-state index contributed by atoms with van der Waals surface area (Å²) < 4.78 is 16.5. The third-order valence-electron chi connectivity index (χ3n) is 5.79. The van der Waals surface area contributed by atoms with Crippen LogP contribution in [0.4, 0.5) is 0 Å². The SMILES string of the molecule is CO[Si](CCCN1CCN(CCN2CCCCCC2)CC1)(OC)OC. The zero-order chi connectivity index (χ0) is 18.0. The molecule has 6 nitrogen and oxygen atoms in total. The first kappa shape index (κ1) is 21.3. The normalized spacial score (nSPS) is 22.2. The molecule has 0 N–H and O–H groups in total. The summed E-state index contributed by atoms with van der Waals surface area (Å²) in [6.45, 7) is 11.0. The van der Waals surface area contributed by atoms with Crippen LogP contribution in [0.25, 0.3) is 0 Å². The molecule has 0 aliphatic carbocycles. The fraction of sp³-hybridized carbons (Fsp3) is 1.00. The molecule has 0 aromatic rings. The summed E-state index contributed by atoms with van der Waals surface area (Å²) in [6.07, 6.45) is 6.71. The molecule has 0 aromatic heterocycles. The van der Waals surface area contributed by atoms with Crippen LogP contribution in [0.3, 0.4) is 0 Å². The second kappa shape index (κ2) is 11.6. The van der Waals surface area contributed by atoms with Gasteiger partial charge < -0.3 is 23.1 Å². The van der Waals surface area contributed by atoms with Gasteiger partial charge in [0.15, 0.2) is 0 Å². The van der Waals surface area contributed by atoms with E-state index in [4.69, 9.17) is 13.3 Å². The molecule has 0 unspecified atom stereocenters. The molecule has 148 valence electrons. The number of hydrogen-bond donors (Lipinski definition) is 0. The largest absolute Gasteiger partial charge is 0.500 e. The Morgan fingerprint density at radius 2 is 1.04 bits per heavy atom. The van der Waals surface area contributed by atoms with Crippen molar-refractivity contribution >= 4 is 8.80 Å². The minimum absolute atomic E-state index is 0.895. The van der Waals surface area contributed by atoms with Crippen molar-refractivity contribution < 1.29 is 13.3 Å². The van der Waals surface area contributed by atoms with Crippen LogP contribution in [0, 0.1) is 0 Å². The lowest BCUT2D eigenvalue weighted by atomic mass is 10.2. The minimum atomic E-state index is -2.39. The Bertz CT molecular complexity index is 334. The maximum absolute atomic E-state index is 5.50. The molecule has 2 saturated heterocycles. The fourth-order valence-electron chi connectivity index (χ4n) is 3.95. The molecule has 2 heterocycles. The Labute approximate surface area is 155 Å². The van der Waals surface area contributed by atoms with E-state index in [1.807, 2.05) is 0 Å². The molecule has 2 aliphatic heterocycles. The molecule has 7 heteroatoms. The highest BCUT2D eigenvalue weighted by Gasteiger charge is 2.37. The third-order valence-corrected chi connectivity index (χ3v) is 8.62. The van der Waals surface area contributed by atoms with E-state index in [1.54, 1.807) is 21.3 Å². The van der Waals surface area contributed by atoms with Gasteiger partial charge in [0, 0.05) is 66.6 Å². The molecule has 2 rings (SSSR count). The lowest BCUT2D eigenvalue weighted by Crippen LogP contribution is -2.49. The van der Waals surface area contributed by atoms with Crippen LogP contribution in [0.2, 0.25) is 6.04 Å². The van der Waals surface area contributed by atoms with Crippen molar-refractivity contribution in [3.8, 4) is 0 Å². The van der Waals surface area contributed by atoms with Crippen LogP contribution in [-0.2, 0) is 13.3 Å². The van der Waals surface area contributed by atoms with Crippen LogP contribution in [-0.4, -0.2) is 104 Å². The Kier molecular flexibility index (Phi) is 9.91. The van der Waals surface area contributed by atoms with Gasteiger partial charge in [-0.3, -0.25) is 4.90 Å². The van der Waals surface area contributed by atoms with Crippen LogP contribution < -0.4 is 0 Å². The number of rotatable bonds is 10. The molecule has 25 heavy (non-hydrogen) atoms. The third kappa shape index (κ3) is 7.25. The maximum atomic E-state index is 5.50. The summed E-state index contributed by atoms with van der Waals surface area (Å²) in [5.41, 5.74) is 0. The Morgan fingerprint density at radius 1 is 0.600 bits per heavy atom. The number of hydrogen-bond acceptors (Lipinski definition) is 6. The smallest absolute Gasteiger partial charge is 0.377 e. The molecule has 0 atom stereocenters. The second-order valence-electron chi connectivity index (χ2n) is 7.34. The van der Waals surface area contributed by atoms with Gasteiger partial charge in [-0.15, -0.1) is 0 Å². The topological polar surface area (TPSA) is 37.4 Å². The van der Waals surface area contributed by atoms with Crippen LogP contribution in [0.5, 0.6) is 0 Å². The maximum Gasteiger partial charge on any atom is 0.500 e. The molecule has 0 radical (unpaired) electrons. The predicted molar refractivity (Wildman–Crippen MR) is 104 cm³/mol. The molecular formula is C18H39N3O3Si. The standard InChI is InChI=1S/C18H39N3O3Si/c1-22-25(23-2,24-3)18-8-11-20-13-16-21(17-14-20)15-12-19-9-6-4-5-7-10-19/h4-18H2,1-3H3. The van der Waals surface area contributed by atoms with Crippen molar-refractivity contribution in [2.45, 2.75) is 38.1 Å². The highest BCUT2D eigenvalue weighted by molar-refractivity contribution is 6.60. The lowest BCUT2D eigenvalue weighted by Gasteiger charge is -2.36. The van der Waals surface area contributed by atoms with E-state index in [2.05, 4.69) is 14.7 Å². The van der Waals surface area contributed by atoms with Crippen molar-refractivity contribution in [3.05, 3.63) is 0 Å². The average Bonchev–Trinajstić information content (AvgIpc) is 2.94. The Morgan fingerprint density at radius 3 is 1.52 bits per heavy atom. The van der Waals surface area contributed by atoms with Gasteiger partial charge in [0.05, 0.1) is 0 Å². The predicted octanol–water partition coefficient (Wildman–Crippen LogP) is 1.75. The molecule has 0 saturated carbocycles. The monoisotopic (exact) mass is 373 g/mol. The zero-order valence-corrected chi connectivity index (χ0v) is 17.7. The van der Waals surface area contributed by atoms with Crippen molar-refractivity contribution in [2.24, 2.45) is 0 Å². The Balaban J connectivity index is 1.58. The van der Waals surface area contributed by atoms with Crippen molar-refractivity contribution in [2.75, 3.05) is 80.2 Å². The first-order valence-corrected chi connectivity index (χ1v) is 12.0. The quantitative estimate of drug-likeness (QED) is 0.543. The molecule has 0 bridgehead atoms. The van der Waals surface area contributed by atoms with Crippen LogP contribution in [0.15, 0.2) is 0 Å². The van der Waals surface area contributed by atoms with Gasteiger partial charge in [-0.05, 0) is 38.9 Å². The summed E-state index contributed by atoms with van der Waals surface area (Å²) in [5, 5.41) is 0. The van der Waals surface area contributed by atoms with Crippen molar-refractivity contribution in [1.29, 1.82) is 0 Å². The average molecular weight is 374 g/mol. The van der Waals surface area contributed by atoms with E-state index in [0.717, 1.165) is 19.0 Å².